The van der Waals surface area contributed by atoms with Crippen LogP contribution in [0.3, 0.4) is 0 Å². The number of aryl methyl sites for hydroxylation is 1. The molecular weight excluding hydrogens is 832 g/mol. The third kappa shape index (κ3) is 8.31. The number of rotatable bonds is 14. The molecule has 0 saturated carbocycles. The summed E-state index contributed by atoms with van der Waals surface area (Å²) >= 11 is 6.66. The van der Waals surface area contributed by atoms with Crippen LogP contribution in [0, 0.1) is 11.6 Å². The van der Waals surface area contributed by atoms with Crippen molar-refractivity contribution in [3.63, 3.8) is 0 Å². The molecule has 3 aliphatic heterocycles. The lowest BCUT2D eigenvalue weighted by Gasteiger charge is -2.38. The first kappa shape index (κ1) is 43.6. The van der Waals surface area contributed by atoms with Crippen molar-refractivity contribution in [1.82, 2.24) is 25.3 Å². The van der Waals surface area contributed by atoms with Gasteiger partial charge in [0, 0.05) is 91.9 Å². The highest BCUT2D eigenvalue weighted by Crippen LogP contribution is 2.56. The van der Waals surface area contributed by atoms with Crippen LogP contribution in [-0.2, 0) is 27.0 Å². The lowest BCUT2D eigenvalue weighted by Crippen LogP contribution is -2.50. The fourth-order valence-corrected chi connectivity index (χ4v) is 9.66. The number of unbranched alkanes of at least 4 members (excludes halogenated alkanes) is 1. The molecule has 4 amide bonds. The maximum Gasteiger partial charge on any atom is 0.249 e. The number of nitrogens with one attached hydrogen (secondary N) is 3. The van der Waals surface area contributed by atoms with Gasteiger partial charge in [-0.2, -0.15) is 5.10 Å². The summed E-state index contributed by atoms with van der Waals surface area (Å²) in [6.07, 6.45) is 4.10. The summed E-state index contributed by atoms with van der Waals surface area (Å²) in [5.74, 6) is -4.07. The van der Waals surface area contributed by atoms with Crippen LogP contribution in [0.5, 0.6) is 11.5 Å². The number of methoxy groups -OCH3 is 1. The molecule has 330 valence electrons. The van der Waals surface area contributed by atoms with Crippen LogP contribution >= 0.6 is 11.6 Å². The first-order valence-corrected chi connectivity index (χ1v) is 21.7. The molecule has 5 aromatic rings. The molecule has 0 bridgehead atoms. The highest BCUT2D eigenvalue weighted by atomic mass is 35.5. The Morgan fingerprint density at radius 2 is 1.79 bits per heavy atom. The molecule has 8 rings (SSSR count). The van der Waals surface area contributed by atoms with E-state index in [0.717, 1.165) is 35.0 Å². The van der Waals surface area contributed by atoms with Crippen molar-refractivity contribution in [2.75, 3.05) is 38.6 Å². The number of hydrogen-bond donors (Lipinski definition) is 4. The summed E-state index contributed by atoms with van der Waals surface area (Å²) in [5.41, 5.74) is 7.90. The van der Waals surface area contributed by atoms with Gasteiger partial charge in [-0.3, -0.25) is 29.2 Å². The lowest BCUT2D eigenvalue weighted by atomic mass is 9.77. The van der Waals surface area contributed by atoms with Crippen molar-refractivity contribution in [3.8, 4) is 22.6 Å². The Balaban J connectivity index is 0.879. The van der Waals surface area contributed by atoms with Gasteiger partial charge in [-0.15, -0.1) is 0 Å². The second kappa shape index (κ2) is 18.0. The molecule has 13 nitrogen and oxygen atoms in total. The molecule has 1 unspecified atom stereocenters. The first-order chi connectivity index (χ1) is 30.3. The molecule has 0 radical (unpaired) electrons. The molecule has 3 atom stereocenters. The number of anilines is 1. The average molecular weight is 882 g/mol. The van der Waals surface area contributed by atoms with Gasteiger partial charge in [0.2, 0.25) is 23.6 Å². The van der Waals surface area contributed by atoms with E-state index in [-0.39, 0.29) is 63.4 Å². The predicted molar refractivity (Wildman–Crippen MR) is 235 cm³/mol. The van der Waals surface area contributed by atoms with Gasteiger partial charge >= 0.3 is 0 Å². The number of aromatic nitrogens is 2. The van der Waals surface area contributed by atoms with Crippen LogP contribution in [0.15, 0.2) is 66.7 Å². The number of imide groups is 1. The summed E-state index contributed by atoms with van der Waals surface area (Å²) in [6, 6.07) is 19.3. The molecule has 2 saturated heterocycles. The summed E-state index contributed by atoms with van der Waals surface area (Å²) in [4.78, 5) is 52.0. The number of amides is 4. The number of carbonyl (C=O) groups excluding carboxylic acids is 4. The van der Waals surface area contributed by atoms with Crippen molar-refractivity contribution in [3.05, 3.63) is 106 Å². The van der Waals surface area contributed by atoms with Crippen LogP contribution in [0.2, 0.25) is 5.02 Å². The van der Waals surface area contributed by atoms with Crippen molar-refractivity contribution >= 4 is 51.8 Å². The number of piperidine rings is 2. The van der Waals surface area contributed by atoms with Crippen LogP contribution in [0.4, 0.5) is 14.5 Å². The molecule has 4 aromatic carbocycles. The van der Waals surface area contributed by atoms with Crippen LogP contribution in [-0.4, -0.2) is 77.6 Å². The number of carbonyl (C=O) groups is 4. The molecule has 0 spiro atoms. The molecule has 1 aromatic heterocycles. The lowest BCUT2D eigenvalue weighted by molar-refractivity contribution is -0.134. The minimum Gasteiger partial charge on any atom is -0.494 e. The number of ether oxygens (including phenoxy) is 2. The first-order valence-electron chi connectivity index (χ1n) is 21.3. The third-order valence-corrected chi connectivity index (χ3v) is 13.2. The zero-order valence-corrected chi connectivity index (χ0v) is 36.1. The Hall–Kier alpha value is -6.06. The van der Waals surface area contributed by atoms with Gasteiger partial charge in [-0.25, -0.2) is 8.78 Å². The number of hydrogen-bond acceptors (Lipinski definition) is 9. The Labute approximate surface area is 368 Å². The maximum atomic E-state index is 16.2. The highest BCUT2D eigenvalue weighted by Gasteiger charge is 2.50. The largest absolute Gasteiger partial charge is 0.494 e. The van der Waals surface area contributed by atoms with E-state index in [4.69, 9.17) is 26.8 Å². The van der Waals surface area contributed by atoms with E-state index < -0.39 is 35.0 Å². The normalized spacial score (nSPS) is 20.1. The number of nitrogens with two attached hydrogens (primary N) is 1. The fourth-order valence-electron chi connectivity index (χ4n) is 9.41. The molecular formula is C47H50ClF2N7O6. The van der Waals surface area contributed by atoms with Gasteiger partial charge in [0.25, 0.3) is 0 Å². The Morgan fingerprint density at radius 1 is 1.03 bits per heavy atom. The van der Waals surface area contributed by atoms with Gasteiger partial charge in [-0.05, 0) is 68.0 Å². The zero-order chi connectivity index (χ0) is 44.6. The number of likely N-dealkylation sites (tertiary alicyclic amines) is 1. The molecule has 5 N–H and O–H groups in total. The molecule has 16 heteroatoms. The Kier molecular flexibility index (Phi) is 12.4. The minimum absolute atomic E-state index is 0.0157. The number of halogens is 3. The van der Waals surface area contributed by atoms with Crippen LogP contribution in [0.1, 0.15) is 90.9 Å². The van der Waals surface area contributed by atoms with Gasteiger partial charge in [0.15, 0.2) is 17.2 Å². The van der Waals surface area contributed by atoms with Crippen LogP contribution < -0.4 is 31.2 Å². The topological polar surface area (TPSA) is 170 Å². The van der Waals surface area contributed by atoms with Crippen LogP contribution in [0.25, 0.3) is 22.0 Å². The second-order valence-electron chi connectivity index (χ2n) is 16.6. The fraction of sp³-hybridized carbons (Fsp3) is 0.383. The van der Waals surface area contributed by atoms with Crippen molar-refractivity contribution in [2.45, 2.75) is 75.3 Å². The Bertz CT molecular complexity index is 2600. The Morgan fingerprint density at radius 3 is 2.51 bits per heavy atom. The van der Waals surface area contributed by atoms with E-state index in [1.54, 1.807) is 4.68 Å². The van der Waals surface area contributed by atoms with Crippen molar-refractivity contribution in [1.29, 1.82) is 0 Å². The maximum absolute atomic E-state index is 16.2. The van der Waals surface area contributed by atoms with Gasteiger partial charge in [-0.1, -0.05) is 48.9 Å². The van der Waals surface area contributed by atoms with Gasteiger partial charge in [0.1, 0.15) is 11.6 Å². The van der Waals surface area contributed by atoms with E-state index in [2.05, 4.69) is 21.0 Å². The monoisotopic (exact) mass is 881 g/mol. The number of fused-ring (bicyclic) bond motifs is 2. The van der Waals surface area contributed by atoms with E-state index in [1.807, 2.05) is 67.4 Å². The summed E-state index contributed by atoms with van der Waals surface area (Å²) in [5, 5.41) is 14.7. The third-order valence-electron chi connectivity index (χ3n) is 12.8. The highest BCUT2D eigenvalue weighted by molar-refractivity contribution is 6.34. The van der Waals surface area contributed by atoms with E-state index in [9.17, 15) is 19.2 Å². The summed E-state index contributed by atoms with van der Waals surface area (Å²) < 4.78 is 45.6. The van der Waals surface area contributed by atoms with Gasteiger partial charge in [0.05, 0.1) is 34.8 Å². The summed E-state index contributed by atoms with van der Waals surface area (Å²) in [6.45, 7) is 4.07. The average Bonchev–Trinajstić information content (AvgIpc) is 3.75. The van der Waals surface area contributed by atoms with Crippen molar-refractivity contribution < 1.29 is 37.4 Å². The minimum atomic E-state index is -1.08. The number of nitrogens with zero attached hydrogens (tertiary/aromatic N) is 3. The SMILES string of the molecule is COc1ccc(C(N)=O)c(-c2c(Cl)c(F)cc3c2[C@H](C)[C@@](CNC2CCN(C(=O)CCCCNc4ccc5c(C6CCC(=O)NC6=O)nn(C)c5c4)CC2)(c2ccccc2)O3)c1F. The number of benzene rings is 4. The molecule has 2 fully saturated rings. The molecule has 4 heterocycles. The molecule has 0 aliphatic carbocycles. The van der Waals surface area contributed by atoms with E-state index >= 15 is 8.78 Å². The predicted octanol–water partition coefficient (Wildman–Crippen LogP) is 7.05. The smallest absolute Gasteiger partial charge is 0.249 e. The molecule has 63 heavy (non-hydrogen) atoms. The quantitative estimate of drug-likeness (QED) is 0.0675. The second-order valence-corrected chi connectivity index (χ2v) is 16.9. The zero-order valence-electron chi connectivity index (χ0n) is 35.4. The summed E-state index contributed by atoms with van der Waals surface area (Å²) in [7, 11) is 3.13. The van der Waals surface area contributed by atoms with Gasteiger partial charge < -0.3 is 30.7 Å². The number of primary amides is 1. The molecule has 3 aliphatic rings. The van der Waals surface area contributed by atoms with Crippen molar-refractivity contribution in [2.24, 2.45) is 12.8 Å². The van der Waals surface area contributed by atoms with E-state index in [0.29, 0.717) is 63.1 Å². The van der Waals surface area contributed by atoms with E-state index in [1.165, 1.54) is 25.3 Å². The standard InChI is InChI=1S/C47H50ClF2N7O6/c1-26-39-36(24-33(49)42(48)41(39)40-31(45(51)60)14-16-35(62-3)43(40)50)63-47(26,27-9-5-4-6-10-27)25-53-28-18-21-57(22-19-28)38(59)11-7-8-20-52-29-12-13-30-34(23-29)56(2)55-44(30)32-15-17-37(58)54-46(32)61/h4-6,9-10,12-14,16,23-24,26,28,32,52-53H,7-8,11,15,17-22,25H2,1-3H3,(H2,51,60)(H,54,58,61)/t26-,32?,47-/m0/s1.